The van der Waals surface area contributed by atoms with E-state index in [9.17, 15) is 0 Å². The molecule has 0 bridgehead atoms. The molecule has 0 aliphatic heterocycles. The van der Waals surface area contributed by atoms with Crippen LogP contribution in [0, 0.1) is 0 Å². The summed E-state index contributed by atoms with van der Waals surface area (Å²) in [6, 6.07) is 29.8. The predicted molar refractivity (Wildman–Crippen MR) is 90.4 cm³/mol. The smallest absolute Gasteiger partial charge is 0.0485 e. The van der Waals surface area contributed by atoms with Crippen LogP contribution in [0.15, 0.2) is 84.9 Å². The summed E-state index contributed by atoms with van der Waals surface area (Å²) in [6.45, 7) is 2.18. The fourth-order valence-corrected chi connectivity index (χ4v) is 2.46. The molecule has 0 aliphatic carbocycles. The van der Waals surface area contributed by atoms with E-state index in [1.807, 2.05) is 12.1 Å². The highest BCUT2D eigenvalue weighted by molar-refractivity contribution is 5.66. The van der Waals surface area contributed by atoms with E-state index in [0.717, 1.165) is 5.69 Å². The van der Waals surface area contributed by atoms with Crippen molar-refractivity contribution in [3.05, 3.63) is 90.5 Å². The van der Waals surface area contributed by atoms with Crippen molar-refractivity contribution >= 4 is 5.69 Å². The van der Waals surface area contributed by atoms with Crippen molar-refractivity contribution in [3.8, 4) is 11.1 Å². The maximum atomic E-state index is 3.54. The number of hydrogen-bond donors (Lipinski definition) is 1. The largest absolute Gasteiger partial charge is 0.379 e. The van der Waals surface area contributed by atoms with Crippen molar-refractivity contribution in [1.82, 2.24) is 0 Å². The van der Waals surface area contributed by atoms with Gasteiger partial charge in [-0.15, -0.1) is 0 Å². The van der Waals surface area contributed by atoms with Gasteiger partial charge in [0.15, 0.2) is 0 Å². The molecule has 3 aromatic carbocycles. The Morgan fingerprint density at radius 2 is 1.14 bits per heavy atom. The highest BCUT2D eigenvalue weighted by atomic mass is 14.9. The Balaban J connectivity index is 1.73. The summed E-state index contributed by atoms with van der Waals surface area (Å²) in [7, 11) is 0. The summed E-state index contributed by atoms with van der Waals surface area (Å²) in [4.78, 5) is 0. The summed E-state index contributed by atoms with van der Waals surface area (Å²) >= 11 is 0. The molecule has 0 unspecified atom stereocenters. The van der Waals surface area contributed by atoms with Crippen molar-refractivity contribution in [2.75, 3.05) is 5.32 Å². The topological polar surface area (TPSA) is 12.0 Å². The molecule has 1 N–H and O–H groups in total. The quantitative estimate of drug-likeness (QED) is 0.659. The number of hydrogen-bond acceptors (Lipinski definition) is 1. The van der Waals surface area contributed by atoms with E-state index in [1.54, 1.807) is 0 Å². The summed E-state index contributed by atoms with van der Waals surface area (Å²) < 4.78 is 0. The third-order valence-electron chi connectivity index (χ3n) is 3.67. The monoisotopic (exact) mass is 273 g/mol. The first-order valence-corrected chi connectivity index (χ1v) is 7.30. The van der Waals surface area contributed by atoms with E-state index in [2.05, 4.69) is 85.0 Å². The van der Waals surface area contributed by atoms with E-state index in [1.165, 1.54) is 16.7 Å². The number of nitrogens with one attached hydrogen (secondary N) is 1. The molecule has 0 amide bonds. The van der Waals surface area contributed by atoms with Gasteiger partial charge in [-0.05, 0) is 35.7 Å². The van der Waals surface area contributed by atoms with Gasteiger partial charge < -0.3 is 5.32 Å². The average Bonchev–Trinajstić information content (AvgIpc) is 2.57. The third kappa shape index (κ3) is 3.32. The molecule has 0 saturated heterocycles. The Hall–Kier alpha value is -2.54. The van der Waals surface area contributed by atoms with E-state index in [0.29, 0.717) is 6.04 Å². The summed E-state index contributed by atoms with van der Waals surface area (Å²) in [5.74, 6) is 0. The molecule has 0 radical (unpaired) electrons. The molecule has 0 heterocycles. The lowest BCUT2D eigenvalue weighted by molar-refractivity contribution is 0.885. The highest BCUT2D eigenvalue weighted by Gasteiger charge is 2.04. The number of anilines is 1. The normalized spacial score (nSPS) is 11.9. The first-order chi connectivity index (χ1) is 10.3. The molecule has 0 spiro atoms. The van der Waals surface area contributed by atoms with Crippen LogP contribution in [0.2, 0.25) is 0 Å². The van der Waals surface area contributed by atoms with Crippen LogP contribution in [0.25, 0.3) is 11.1 Å². The Bertz CT molecular complexity index is 672. The van der Waals surface area contributed by atoms with E-state index >= 15 is 0 Å². The lowest BCUT2D eigenvalue weighted by Gasteiger charge is -2.16. The van der Waals surface area contributed by atoms with Crippen molar-refractivity contribution < 1.29 is 0 Å². The molecule has 0 aromatic heterocycles. The van der Waals surface area contributed by atoms with Crippen LogP contribution in [0.4, 0.5) is 5.69 Å². The van der Waals surface area contributed by atoms with Gasteiger partial charge >= 0.3 is 0 Å². The zero-order valence-electron chi connectivity index (χ0n) is 12.2. The molecular formula is C20H19N. The summed E-state index contributed by atoms with van der Waals surface area (Å²) in [5, 5.41) is 3.54. The Morgan fingerprint density at radius 1 is 0.619 bits per heavy atom. The molecule has 1 heteroatoms. The van der Waals surface area contributed by atoms with Crippen molar-refractivity contribution in [2.45, 2.75) is 13.0 Å². The maximum Gasteiger partial charge on any atom is 0.0485 e. The minimum Gasteiger partial charge on any atom is -0.379 e. The van der Waals surface area contributed by atoms with Crippen LogP contribution in [0.5, 0.6) is 0 Å². The van der Waals surface area contributed by atoms with Crippen LogP contribution in [0.3, 0.4) is 0 Å². The minimum atomic E-state index is 0.300. The van der Waals surface area contributed by atoms with Crippen molar-refractivity contribution in [3.63, 3.8) is 0 Å². The first-order valence-electron chi connectivity index (χ1n) is 7.30. The summed E-state index contributed by atoms with van der Waals surface area (Å²) in [5.41, 5.74) is 4.93. The Kier molecular flexibility index (Phi) is 4.02. The van der Waals surface area contributed by atoms with E-state index < -0.39 is 0 Å². The lowest BCUT2D eigenvalue weighted by Crippen LogP contribution is -2.06. The third-order valence-corrected chi connectivity index (χ3v) is 3.67. The fourth-order valence-electron chi connectivity index (χ4n) is 2.46. The number of rotatable bonds is 4. The van der Waals surface area contributed by atoms with Crippen LogP contribution in [-0.4, -0.2) is 0 Å². The van der Waals surface area contributed by atoms with E-state index in [-0.39, 0.29) is 0 Å². The van der Waals surface area contributed by atoms with Gasteiger partial charge in [-0.3, -0.25) is 0 Å². The standard InChI is InChI=1S/C20H19N/c1-16(17-8-4-2-5-9-17)21-20-14-12-19(13-15-20)18-10-6-3-7-11-18/h2-16,21H,1H3/t16-/m1/s1. The number of benzene rings is 3. The molecule has 1 atom stereocenters. The molecule has 0 fully saturated rings. The molecule has 1 nitrogen and oxygen atoms in total. The molecule has 104 valence electrons. The van der Waals surface area contributed by atoms with Gasteiger partial charge in [0, 0.05) is 11.7 Å². The van der Waals surface area contributed by atoms with Gasteiger partial charge in [0.1, 0.15) is 0 Å². The second-order valence-corrected chi connectivity index (χ2v) is 5.22. The molecular weight excluding hydrogens is 254 g/mol. The van der Waals surface area contributed by atoms with Gasteiger partial charge in [-0.25, -0.2) is 0 Å². The van der Waals surface area contributed by atoms with Gasteiger partial charge in [-0.1, -0.05) is 72.8 Å². The van der Waals surface area contributed by atoms with Gasteiger partial charge in [0.05, 0.1) is 0 Å². The Morgan fingerprint density at radius 3 is 1.76 bits per heavy atom. The Labute approximate surface area is 126 Å². The van der Waals surface area contributed by atoms with Crippen LogP contribution < -0.4 is 5.32 Å². The van der Waals surface area contributed by atoms with Crippen LogP contribution in [0.1, 0.15) is 18.5 Å². The van der Waals surface area contributed by atoms with Crippen molar-refractivity contribution in [1.29, 1.82) is 0 Å². The van der Waals surface area contributed by atoms with Crippen molar-refractivity contribution in [2.24, 2.45) is 0 Å². The first kappa shape index (κ1) is 13.4. The van der Waals surface area contributed by atoms with Gasteiger partial charge in [0.2, 0.25) is 0 Å². The zero-order valence-corrected chi connectivity index (χ0v) is 12.2. The zero-order chi connectivity index (χ0) is 14.5. The summed E-state index contributed by atoms with van der Waals surface area (Å²) in [6.07, 6.45) is 0. The fraction of sp³-hybridized carbons (Fsp3) is 0.100. The van der Waals surface area contributed by atoms with Gasteiger partial charge in [0.25, 0.3) is 0 Å². The maximum absolute atomic E-state index is 3.54. The molecule has 0 saturated carbocycles. The second kappa shape index (κ2) is 6.27. The highest BCUT2D eigenvalue weighted by Crippen LogP contribution is 2.23. The van der Waals surface area contributed by atoms with Gasteiger partial charge in [-0.2, -0.15) is 0 Å². The van der Waals surface area contributed by atoms with Crippen LogP contribution >= 0.6 is 0 Å². The average molecular weight is 273 g/mol. The van der Waals surface area contributed by atoms with Crippen LogP contribution in [-0.2, 0) is 0 Å². The molecule has 21 heavy (non-hydrogen) atoms. The predicted octanol–water partition coefficient (Wildman–Crippen LogP) is 5.53. The van der Waals surface area contributed by atoms with E-state index in [4.69, 9.17) is 0 Å². The molecule has 3 aromatic rings. The minimum absolute atomic E-state index is 0.300. The molecule has 0 aliphatic rings. The molecule has 3 rings (SSSR count). The second-order valence-electron chi connectivity index (χ2n) is 5.22. The lowest BCUT2D eigenvalue weighted by atomic mass is 10.0. The SMILES string of the molecule is C[C@@H](Nc1ccc(-c2ccccc2)cc1)c1ccccc1.